The van der Waals surface area contributed by atoms with Crippen LogP contribution in [0.25, 0.3) is 0 Å². The van der Waals surface area contributed by atoms with Crippen molar-refractivity contribution in [2.45, 2.75) is 52.1 Å². The molecule has 2 fully saturated rings. The van der Waals surface area contributed by atoms with Crippen LogP contribution in [-0.2, 0) is 6.54 Å². The van der Waals surface area contributed by atoms with Crippen molar-refractivity contribution in [3.05, 3.63) is 12.2 Å². The Morgan fingerprint density at radius 1 is 1.39 bits per heavy atom. The van der Waals surface area contributed by atoms with Crippen LogP contribution >= 0.6 is 0 Å². The summed E-state index contributed by atoms with van der Waals surface area (Å²) in [6, 6.07) is 0.395. The first-order chi connectivity index (χ1) is 8.74. The Labute approximate surface area is 109 Å². The number of hydrogen-bond acceptors (Lipinski definition) is 3. The highest BCUT2D eigenvalue weighted by Gasteiger charge is 2.38. The Morgan fingerprint density at radius 3 is 2.94 bits per heavy atom. The molecule has 1 N–H and O–H groups in total. The monoisotopic (exact) mass is 248 g/mol. The van der Waals surface area contributed by atoms with Crippen molar-refractivity contribution in [2.24, 2.45) is 17.8 Å². The Balaban J connectivity index is 1.48. The maximum Gasteiger partial charge on any atom is 0.141 e. The molecule has 0 radical (unpaired) electrons. The molecule has 3 rings (SSSR count). The first-order valence-corrected chi connectivity index (χ1v) is 7.33. The molecular formula is C14H24N4. The molecule has 2 aliphatic rings. The first-order valence-electron chi connectivity index (χ1n) is 7.33. The van der Waals surface area contributed by atoms with E-state index < -0.39 is 0 Å². The molecule has 18 heavy (non-hydrogen) atoms. The molecule has 0 amide bonds. The molecule has 3 atom stereocenters. The maximum atomic E-state index is 4.34. The second kappa shape index (κ2) is 5.00. The molecule has 2 aliphatic carbocycles. The molecule has 2 saturated carbocycles. The molecule has 4 heteroatoms. The van der Waals surface area contributed by atoms with Crippen LogP contribution in [-0.4, -0.2) is 21.3 Å². The molecule has 2 bridgehead atoms. The third-order valence-electron chi connectivity index (χ3n) is 4.71. The number of aromatic nitrogens is 3. The van der Waals surface area contributed by atoms with E-state index in [2.05, 4.69) is 29.2 Å². The van der Waals surface area contributed by atoms with Crippen molar-refractivity contribution in [2.75, 3.05) is 6.54 Å². The molecule has 4 nitrogen and oxygen atoms in total. The van der Waals surface area contributed by atoms with Gasteiger partial charge in [-0.05, 0) is 57.4 Å². The Hall–Kier alpha value is -0.900. The highest BCUT2D eigenvalue weighted by atomic mass is 15.3. The lowest BCUT2D eigenvalue weighted by atomic mass is 9.89. The summed E-state index contributed by atoms with van der Waals surface area (Å²) in [5, 5.41) is 7.86. The van der Waals surface area contributed by atoms with E-state index in [0.717, 1.165) is 36.7 Å². The second-order valence-corrected chi connectivity index (χ2v) is 6.28. The van der Waals surface area contributed by atoms with Crippen LogP contribution in [0.1, 0.15) is 51.4 Å². The van der Waals surface area contributed by atoms with E-state index in [1.807, 2.05) is 4.68 Å². The van der Waals surface area contributed by atoms with Gasteiger partial charge in [-0.15, -0.1) is 0 Å². The third kappa shape index (κ3) is 2.30. The molecule has 100 valence electrons. The topological polar surface area (TPSA) is 42.7 Å². The highest BCUT2D eigenvalue weighted by Crippen LogP contribution is 2.47. The standard InChI is InChI=1S/C14H24N4/c1-10(2)18-14(16-9-17-18)8-15-7-13-6-11-3-4-12(13)5-11/h9-13,15H,3-8H2,1-2H3. The summed E-state index contributed by atoms with van der Waals surface area (Å²) in [5.74, 6) is 4.03. The van der Waals surface area contributed by atoms with Crippen LogP contribution < -0.4 is 5.32 Å². The van der Waals surface area contributed by atoms with Crippen molar-refractivity contribution < 1.29 is 0 Å². The van der Waals surface area contributed by atoms with Gasteiger partial charge in [0.1, 0.15) is 12.2 Å². The van der Waals surface area contributed by atoms with E-state index in [0.29, 0.717) is 6.04 Å². The lowest BCUT2D eigenvalue weighted by molar-refractivity contribution is 0.316. The van der Waals surface area contributed by atoms with E-state index in [1.165, 1.54) is 25.7 Å². The quantitative estimate of drug-likeness (QED) is 0.870. The van der Waals surface area contributed by atoms with Gasteiger partial charge in [0.25, 0.3) is 0 Å². The SMILES string of the molecule is CC(C)n1ncnc1CNCC1CC2CCC1C2. The largest absolute Gasteiger partial charge is 0.310 e. The van der Waals surface area contributed by atoms with Gasteiger partial charge in [0, 0.05) is 6.04 Å². The minimum Gasteiger partial charge on any atom is -0.310 e. The number of fused-ring (bicyclic) bond motifs is 2. The number of hydrogen-bond donors (Lipinski definition) is 1. The van der Waals surface area contributed by atoms with E-state index in [-0.39, 0.29) is 0 Å². The van der Waals surface area contributed by atoms with E-state index >= 15 is 0 Å². The predicted molar refractivity (Wildman–Crippen MR) is 71.1 cm³/mol. The summed E-state index contributed by atoms with van der Waals surface area (Å²) in [7, 11) is 0. The summed E-state index contributed by atoms with van der Waals surface area (Å²) in [5.41, 5.74) is 0. The molecular weight excluding hydrogens is 224 g/mol. The average molecular weight is 248 g/mol. The predicted octanol–water partition coefficient (Wildman–Crippen LogP) is 2.38. The van der Waals surface area contributed by atoms with Crippen LogP contribution in [0.3, 0.4) is 0 Å². The zero-order chi connectivity index (χ0) is 12.5. The van der Waals surface area contributed by atoms with Crippen molar-refractivity contribution >= 4 is 0 Å². The second-order valence-electron chi connectivity index (χ2n) is 6.28. The van der Waals surface area contributed by atoms with E-state index in [4.69, 9.17) is 0 Å². The lowest BCUT2D eigenvalue weighted by Gasteiger charge is -2.22. The summed E-state index contributed by atoms with van der Waals surface area (Å²) in [6.45, 7) is 6.31. The fourth-order valence-electron chi connectivity index (χ4n) is 3.83. The summed E-state index contributed by atoms with van der Waals surface area (Å²) < 4.78 is 2.01. The van der Waals surface area contributed by atoms with Crippen LogP contribution in [0.5, 0.6) is 0 Å². The van der Waals surface area contributed by atoms with Gasteiger partial charge in [-0.25, -0.2) is 9.67 Å². The van der Waals surface area contributed by atoms with Crippen LogP contribution in [0.2, 0.25) is 0 Å². The number of nitrogens with one attached hydrogen (secondary N) is 1. The minimum absolute atomic E-state index is 0.395. The van der Waals surface area contributed by atoms with Crippen LogP contribution in [0.4, 0.5) is 0 Å². The minimum atomic E-state index is 0.395. The average Bonchev–Trinajstić information content (AvgIpc) is 3.03. The smallest absolute Gasteiger partial charge is 0.141 e. The van der Waals surface area contributed by atoms with Crippen molar-refractivity contribution in [3.63, 3.8) is 0 Å². The molecule has 1 aromatic rings. The van der Waals surface area contributed by atoms with Crippen LogP contribution in [0, 0.1) is 17.8 Å². The van der Waals surface area contributed by atoms with Gasteiger partial charge < -0.3 is 5.32 Å². The number of nitrogens with zero attached hydrogens (tertiary/aromatic N) is 3. The van der Waals surface area contributed by atoms with E-state index in [1.54, 1.807) is 6.33 Å². The fraction of sp³-hybridized carbons (Fsp3) is 0.857. The molecule has 0 aliphatic heterocycles. The molecule has 0 spiro atoms. The zero-order valence-corrected chi connectivity index (χ0v) is 11.5. The Bertz CT molecular complexity index is 398. The zero-order valence-electron chi connectivity index (χ0n) is 11.5. The van der Waals surface area contributed by atoms with Gasteiger partial charge in [0.15, 0.2) is 0 Å². The van der Waals surface area contributed by atoms with Crippen molar-refractivity contribution in [1.29, 1.82) is 0 Å². The first kappa shape index (κ1) is 12.2. The van der Waals surface area contributed by atoms with Crippen molar-refractivity contribution in [3.8, 4) is 0 Å². The molecule has 0 saturated heterocycles. The normalized spacial score (nSPS) is 30.5. The fourth-order valence-corrected chi connectivity index (χ4v) is 3.83. The van der Waals surface area contributed by atoms with Gasteiger partial charge in [-0.3, -0.25) is 0 Å². The van der Waals surface area contributed by atoms with Crippen LogP contribution in [0.15, 0.2) is 6.33 Å². The van der Waals surface area contributed by atoms with Gasteiger partial charge in [-0.1, -0.05) is 6.42 Å². The third-order valence-corrected chi connectivity index (χ3v) is 4.71. The molecule has 0 aromatic carbocycles. The van der Waals surface area contributed by atoms with Gasteiger partial charge in [0.2, 0.25) is 0 Å². The van der Waals surface area contributed by atoms with Crippen molar-refractivity contribution in [1.82, 2.24) is 20.1 Å². The van der Waals surface area contributed by atoms with Gasteiger partial charge in [-0.2, -0.15) is 5.10 Å². The molecule has 3 unspecified atom stereocenters. The van der Waals surface area contributed by atoms with E-state index in [9.17, 15) is 0 Å². The maximum absolute atomic E-state index is 4.34. The molecule has 1 aromatic heterocycles. The molecule has 1 heterocycles. The summed E-state index contributed by atoms with van der Waals surface area (Å²) >= 11 is 0. The Kier molecular flexibility index (Phi) is 3.37. The lowest BCUT2D eigenvalue weighted by Crippen LogP contribution is -2.27. The highest BCUT2D eigenvalue weighted by molar-refractivity contribution is 4.92. The Morgan fingerprint density at radius 2 is 2.28 bits per heavy atom. The summed E-state index contributed by atoms with van der Waals surface area (Å²) in [6.07, 6.45) is 7.57. The van der Waals surface area contributed by atoms with Gasteiger partial charge in [0.05, 0.1) is 6.54 Å². The summed E-state index contributed by atoms with van der Waals surface area (Å²) in [4.78, 5) is 4.34. The van der Waals surface area contributed by atoms with Gasteiger partial charge >= 0.3 is 0 Å². The number of rotatable bonds is 5.